The van der Waals surface area contributed by atoms with Crippen LogP contribution in [-0.4, -0.2) is 34.0 Å². The van der Waals surface area contributed by atoms with Gasteiger partial charge in [-0.3, -0.25) is 4.79 Å². The molecule has 0 aliphatic heterocycles. The number of benzene rings is 2. The normalized spacial score (nSPS) is 11.8. The fraction of sp³-hybridized carbons (Fsp3) is 0.381. The van der Waals surface area contributed by atoms with Gasteiger partial charge in [0.15, 0.2) is 6.61 Å². The van der Waals surface area contributed by atoms with Crippen molar-refractivity contribution >= 4 is 15.9 Å². The van der Waals surface area contributed by atoms with Crippen LogP contribution < -0.4 is 14.8 Å². The van der Waals surface area contributed by atoms with Crippen LogP contribution in [0.2, 0.25) is 0 Å². The summed E-state index contributed by atoms with van der Waals surface area (Å²) >= 11 is 0. The van der Waals surface area contributed by atoms with Crippen molar-refractivity contribution in [2.75, 3.05) is 19.7 Å². The fourth-order valence-electron chi connectivity index (χ4n) is 2.34. The van der Waals surface area contributed by atoms with Crippen molar-refractivity contribution in [1.82, 2.24) is 10.0 Å². The predicted octanol–water partition coefficient (Wildman–Crippen LogP) is 2.75. The molecule has 0 saturated carbocycles. The zero-order valence-corrected chi connectivity index (χ0v) is 17.4. The maximum atomic E-state index is 12.4. The Morgan fingerprint density at radius 1 is 1.00 bits per heavy atom. The van der Waals surface area contributed by atoms with E-state index < -0.39 is 10.0 Å². The molecule has 1 amide bonds. The van der Waals surface area contributed by atoms with Crippen molar-refractivity contribution in [2.24, 2.45) is 5.41 Å². The number of hydrogen-bond donors (Lipinski definition) is 2. The highest BCUT2D eigenvalue weighted by Crippen LogP contribution is 2.16. The van der Waals surface area contributed by atoms with E-state index in [0.717, 1.165) is 5.56 Å². The second kappa shape index (κ2) is 9.71. The van der Waals surface area contributed by atoms with E-state index in [2.05, 4.69) is 10.0 Å². The smallest absolute Gasteiger partial charge is 0.257 e. The van der Waals surface area contributed by atoms with Gasteiger partial charge in [-0.25, -0.2) is 13.1 Å². The average Bonchev–Trinajstić information content (AvgIpc) is 2.65. The maximum absolute atomic E-state index is 12.4. The molecular formula is C21H28N2O4S. The molecule has 28 heavy (non-hydrogen) atoms. The first-order chi connectivity index (χ1) is 13.2. The van der Waals surface area contributed by atoms with E-state index in [1.165, 1.54) is 12.1 Å². The van der Waals surface area contributed by atoms with Gasteiger partial charge in [0, 0.05) is 13.1 Å². The molecular weight excluding hydrogens is 376 g/mol. The van der Waals surface area contributed by atoms with Gasteiger partial charge >= 0.3 is 0 Å². The lowest BCUT2D eigenvalue weighted by molar-refractivity contribution is -0.123. The molecule has 7 heteroatoms. The van der Waals surface area contributed by atoms with E-state index >= 15 is 0 Å². The van der Waals surface area contributed by atoms with Crippen LogP contribution in [0.1, 0.15) is 26.3 Å². The van der Waals surface area contributed by atoms with Crippen LogP contribution >= 0.6 is 0 Å². The highest BCUT2D eigenvalue weighted by atomic mass is 32.2. The summed E-state index contributed by atoms with van der Waals surface area (Å²) in [5.41, 5.74) is 1.07. The Morgan fingerprint density at radius 2 is 1.64 bits per heavy atom. The molecule has 2 rings (SSSR count). The van der Waals surface area contributed by atoms with Crippen LogP contribution in [-0.2, 0) is 21.2 Å². The first-order valence-electron chi connectivity index (χ1n) is 9.19. The van der Waals surface area contributed by atoms with E-state index in [0.29, 0.717) is 25.3 Å². The van der Waals surface area contributed by atoms with Crippen molar-refractivity contribution in [1.29, 1.82) is 0 Å². The lowest BCUT2D eigenvalue weighted by Gasteiger charge is -2.18. The Hall–Kier alpha value is -2.38. The quantitative estimate of drug-likeness (QED) is 0.673. The third kappa shape index (κ3) is 7.70. The van der Waals surface area contributed by atoms with Crippen molar-refractivity contribution in [3.63, 3.8) is 0 Å². The van der Waals surface area contributed by atoms with Crippen LogP contribution in [0.25, 0.3) is 0 Å². The average molecular weight is 405 g/mol. The second-order valence-corrected chi connectivity index (χ2v) is 9.50. The molecule has 0 atom stereocenters. The van der Waals surface area contributed by atoms with Crippen molar-refractivity contribution in [2.45, 2.75) is 32.1 Å². The summed E-state index contributed by atoms with van der Waals surface area (Å²) < 4.78 is 32.7. The molecule has 0 aliphatic rings. The number of ether oxygens (including phenoxy) is 1. The SMILES string of the molecule is CC(C)(C)CNC(=O)COc1ccc(S(=O)(=O)NCCc2ccccc2)cc1. The minimum absolute atomic E-state index is 0.000815. The zero-order valence-electron chi connectivity index (χ0n) is 16.6. The summed E-state index contributed by atoms with van der Waals surface area (Å²) in [7, 11) is -3.59. The highest BCUT2D eigenvalue weighted by Gasteiger charge is 2.14. The molecule has 0 spiro atoms. The third-order valence-electron chi connectivity index (χ3n) is 3.87. The Balaban J connectivity index is 1.82. The van der Waals surface area contributed by atoms with Gasteiger partial charge in [0.2, 0.25) is 10.0 Å². The van der Waals surface area contributed by atoms with Gasteiger partial charge in [0.25, 0.3) is 5.91 Å². The van der Waals surface area contributed by atoms with Crippen LogP contribution in [0, 0.1) is 5.41 Å². The van der Waals surface area contributed by atoms with Gasteiger partial charge < -0.3 is 10.1 Å². The fourth-order valence-corrected chi connectivity index (χ4v) is 3.37. The number of rotatable bonds is 9. The van der Waals surface area contributed by atoms with E-state index in [4.69, 9.17) is 4.74 Å². The second-order valence-electron chi connectivity index (χ2n) is 7.73. The molecule has 0 aromatic heterocycles. The van der Waals surface area contributed by atoms with Crippen molar-refractivity contribution < 1.29 is 17.9 Å². The van der Waals surface area contributed by atoms with Crippen LogP contribution in [0.3, 0.4) is 0 Å². The third-order valence-corrected chi connectivity index (χ3v) is 5.35. The monoisotopic (exact) mass is 404 g/mol. The summed E-state index contributed by atoms with van der Waals surface area (Å²) in [5.74, 6) is 0.225. The summed E-state index contributed by atoms with van der Waals surface area (Å²) in [6.45, 7) is 6.85. The Morgan fingerprint density at radius 3 is 2.25 bits per heavy atom. The number of sulfonamides is 1. The number of hydrogen-bond acceptors (Lipinski definition) is 4. The van der Waals surface area contributed by atoms with E-state index in [9.17, 15) is 13.2 Å². The minimum atomic E-state index is -3.59. The molecule has 2 N–H and O–H groups in total. The number of carbonyl (C=O) groups excluding carboxylic acids is 1. The Kier molecular flexibility index (Phi) is 7.60. The number of amides is 1. The van der Waals surface area contributed by atoms with Gasteiger partial charge in [-0.15, -0.1) is 0 Å². The molecule has 152 valence electrons. The highest BCUT2D eigenvalue weighted by molar-refractivity contribution is 7.89. The van der Waals surface area contributed by atoms with Crippen LogP contribution in [0.15, 0.2) is 59.5 Å². The largest absolute Gasteiger partial charge is 0.484 e. The standard InChI is InChI=1S/C21H28N2O4S/c1-21(2,3)16-22-20(24)15-27-18-9-11-19(12-10-18)28(25,26)23-14-13-17-7-5-4-6-8-17/h4-12,23H,13-16H2,1-3H3,(H,22,24). The lowest BCUT2D eigenvalue weighted by Crippen LogP contribution is -2.35. The topological polar surface area (TPSA) is 84.5 Å². The molecule has 0 radical (unpaired) electrons. The number of nitrogens with one attached hydrogen (secondary N) is 2. The first kappa shape index (κ1) is 21.9. The summed E-state index contributed by atoms with van der Waals surface area (Å²) in [5, 5.41) is 2.80. The molecule has 0 heterocycles. The zero-order chi connectivity index (χ0) is 20.6. The number of carbonyl (C=O) groups is 1. The maximum Gasteiger partial charge on any atom is 0.257 e. The van der Waals surface area contributed by atoms with Crippen molar-refractivity contribution in [3.8, 4) is 5.75 Å². The van der Waals surface area contributed by atoms with Gasteiger partial charge in [-0.1, -0.05) is 51.1 Å². The van der Waals surface area contributed by atoms with E-state index in [1.54, 1.807) is 12.1 Å². The Labute approximate surface area is 167 Å². The summed E-state index contributed by atoms with van der Waals surface area (Å²) in [4.78, 5) is 11.9. The van der Waals surface area contributed by atoms with Gasteiger partial charge in [-0.05, 0) is 41.7 Å². The van der Waals surface area contributed by atoms with Crippen LogP contribution in [0.5, 0.6) is 5.75 Å². The van der Waals surface area contributed by atoms with E-state index in [-0.39, 0.29) is 22.8 Å². The van der Waals surface area contributed by atoms with E-state index in [1.807, 2.05) is 51.1 Å². The molecule has 0 aliphatic carbocycles. The summed E-state index contributed by atoms with van der Waals surface area (Å²) in [6, 6.07) is 15.7. The molecule has 0 fully saturated rings. The predicted molar refractivity (Wildman–Crippen MR) is 110 cm³/mol. The van der Waals surface area contributed by atoms with Crippen molar-refractivity contribution in [3.05, 3.63) is 60.2 Å². The minimum Gasteiger partial charge on any atom is -0.484 e. The molecule has 2 aromatic carbocycles. The molecule has 2 aromatic rings. The van der Waals surface area contributed by atoms with Gasteiger partial charge in [0.1, 0.15) is 5.75 Å². The summed E-state index contributed by atoms with van der Waals surface area (Å²) in [6.07, 6.45) is 0.616. The molecule has 0 unspecified atom stereocenters. The molecule has 6 nitrogen and oxygen atoms in total. The Bertz CT molecular complexity index is 858. The molecule has 0 saturated heterocycles. The van der Waals surface area contributed by atoms with Gasteiger partial charge in [0.05, 0.1) is 4.90 Å². The molecule has 0 bridgehead atoms. The first-order valence-corrected chi connectivity index (χ1v) is 10.7. The van der Waals surface area contributed by atoms with Crippen LogP contribution in [0.4, 0.5) is 0 Å². The lowest BCUT2D eigenvalue weighted by atomic mass is 9.97. The van der Waals surface area contributed by atoms with Gasteiger partial charge in [-0.2, -0.15) is 0 Å².